The number of primary amides is 1. The molecular formula is C32H39N7O2. The van der Waals surface area contributed by atoms with E-state index in [0.29, 0.717) is 11.5 Å². The zero-order chi connectivity index (χ0) is 28.5. The number of carbonyl (C=O) groups excluding carboxylic acids is 2. The summed E-state index contributed by atoms with van der Waals surface area (Å²) in [7, 11) is 2.13. The van der Waals surface area contributed by atoms with Crippen LogP contribution in [0.4, 0.5) is 5.82 Å². The Bertz CT molecular complexity index is 1520. The highest BCUT2D eigenvalue weighted by Crippen LogP contribution is 2.42. The number of nitrogens with one attached hydrogen (secondary N) is 1. The van der Waals surface area contributed by atoms with Gasteiger partial charge in [-0.15, -0.1) is 0 Å². The van der Waals surface area contributed by atoms with Gasteiger partial charge in [-0.25, -0.2) is 4.98 Å². The van der Waals surface area contributed by atoms with E-state index in [-0.39, 0.29) is 11.9 Å². The van der Waals surface area contributed by atoms with Gasteiger partial charge >= 0.3 is 0 Å². The molecule has 2 fully saturated rings. The van der Waals surface area contributed by atoms with Gasteiger partial charge < -0.3 is 30.0 Å². The summed E-state index contributed by atoms with van der Waals surface area (Å²) in [5.74, 6) is 1.04. The normalized spacial score (nSPS) is 17.7. The zero-order valence-electron chi connectivity index (χ0n) is 23.9. The fraction of sp³-hybridized carbons (Fsp3) is 0.406. The first-order valence-electron chi connectivity index (χ1n) is 14.6. The maximum Gasteiger partial charge on any atom is 0.253 e. The number of amides is 2. The van der Waals surface area contributed by atoms with E-state index in [9.17, 15) is 9.59 Å². The Morgan fingerprint density at radius 2 is 1.73 bits per heavy atom. The number of imidazole rings is 1. The van der Waals surface area contributed by atoms with Gasteiger partial charge in [0, 0.05) is 58.0 Å². The monoisotopic (exact) mass is 553 g/mol. The van der Waals surface area contributed by atoms with Crippen LogP contribution in [-0.2, 0) is 4.79 Å². The molecule has 41 heavy (non-hydrogen) atoms. The van der Waals surface area contributed by atoms with Crippen molar-refractivity contribution in [2.24, 2.45) is 11.7 Å². The van der Waals surface area contributed by atoms with Gasteiger partial charge in [-0.2, -0.15) is 0 Å². The quantitative estimate of drug-likeness (QED) is 0.358. The van der Waals surface area contributed by atoms with Gasteiger partial charge in [0.05, 0.1) is 29.8 Å². The van der Waals surface area contributed by atoms with E-state index in [4.69, 9.17) is 5.73 Å². The van der Waals surface area contributed by atoms with Crippen LogP contribution < -0.4 is 10.6 Å². The number of likely N-dealkylation sites (N-methyl/N-ethyl adjacent to an activating group) is 1. The van der Waals surface area contributed by atoms with Crippen LogP contribution in [0.15, 0.2) is 61.2 Å². The SMILES string of the molecule is CC(=O)N1CCC(CC(c2cnc[nH]2)n2cc(-c3cccc4ccccc34)c(C(N)=O)c2N2CCN(C)CC2)CC1. The molecular weight excluding hydrogens is 514 g/mol. The van der Waals surface area contributed by atoms with E-state index in [2.05, 4.69) is 61.8 Å². The summed E-state index contributed by atoms with van der Waals surface area (Å²) in [6.45, 7) is 6.64. The van der Waals surface area contributed by atoms with E-state index in [1.165, 1.54) is 0 Å². The molecule has 2 aromatic carbocycles. The number of aromatic amines is 1. The number of nitrogens with two attached hydrogens (primary N) is 1. The Morgan fingerprint density at radius 3 is 2.41 bits per heavy atom. The van der Waals surface area contributed by atoms with Crippen molar-refractivity contribution in [2.75, 3.05) is 51.2 Å². The highest BCUT2D eigenvalue weighted by atomic mass is 16.2. The molecule has 6 rings (SSSR count). The number of aromatic nitrogens is 3. The molecule has 2 aliphatic heterocycles. The van der Waals surface area contributed by atoms with Crippen molar-refractivity contribution in [3.63, 3.8) is 0 Å². The zero-order valence-corrected chi connectivity index (χ0v) is 23.9. The summed E-state index contributed by atoms with van der Waals surface area (Å²) in [6.07, 6.45) is 8.54. The standard InChI is InChI=1S/C32H39N7O2/c1-22(40)37-12-10-23(11-13-37)18-29(28-19-34-21-35-28)39-20-27(26-9-5-7-24-6-3-4-8-25(24)26)30(31(33)41)32(39)38-16-14-36(2)15-17-38/h3-9,19-21,23,29H,10-18H2,1-2H3,(H2,33,41)(H,34,35). The number of hydrogen-bond donors (Lipinski definition) is 2. The summed E-state index contributed by atoms with van der Waals surface area (Å²) < 4.78 is 2.29. The molecule has 214 valence electrons. The number of carbonyl (C=O) groups is 2. The van der Waals surface area contributed by atoms with E-state index in [0.717, 1.165) is 91.9 Å². The van der Waals surface area contributed by atoms with Crippen molar-refractivity contribution in [1.29, 1.82) is 0 Å². The molecule has 0 spiro atoms. The first-order chi connectivity index (χ1) is 19.9. The van der Waals surface area contributed by atoms with E-state index in [1.54, 1.807) is 13.3 Å². The van der Waals surface area contributed by atoms with Crippen LogP contribution in [0.2, 0.25) is 0 Å². The number of H-pyrrole nitrogens is 1. The van der Waals surface area contributed by atoms with Crippen LogP contribution in [0.3, 0.4) is 0 Å². The summed E-state index contributed by atoms with van der Waals surface area (Å²) >= 11 is 0. The fourth-order valence-corrected chi connectivity index (χ4v) is 6.64. The van der Waals surface area contributed by atoms with Crippen LogP contribution in [0.25, 0.3) is 21.9 Å². The van der Waals surface area contributed by atoms with Crippen molar-refractivity contribution in [2.45, 2.75) is 32.2 Å². The molecule has 4 aromatic rings. The topological polar surface area (TPSA) is 103 Å². The number of anilines is 1. The molecule has 1 unspecified atom stereocenters. The summed E-state index contributed by atoms with van der Waals surface area (Å²) in [6, 6.07) is 14.4. The minimum Gasteiger partial charge on any atom is -0.365 e. The second-order valence-corrected chi connectivity index (χ2v) is 11.5. The van der Waals surface area contributed by atoms with Gasteiger partial charge in [0.1, 0.15) is 5.82 Å². The largest absolute Gasteiger partial charge is 0.365 e. The third kappa shape index (κ3) is 5.34. The first-order valence-corrected chi connectivity index (χ1v) is 14.6. The van der Waals surface area contributed by atoms with Crippen molar-refractivity contribution in [1.82, 2.24) is 24.3 Å². The molecule has 0 aliphatic carbocycles. The maximum absolute atomic E-state index is 13.4. The minimum absolute atomic E-state index is 0.0668. The van der Waals surface area contributed by atoms with E-state index >= 15 is 0 Å². The number of nitrogens with zero attached hydrogens (tertiary/aromatic N) is 5. The Kier molecular flexibility index (Phi) is 7.53. The number of likely N-dealkylation sites (tertiary alicyclic amines) is 1. The number of rotatable bonds is 7. The first kappa shape index (κ1) is 27.1. The van der Waals surface area contributed by atoms with Crippen molar-refractivity contribution in [3.8, 4) is 11.1 Å². The summed E-state index contributed by atoms with van der Waals surface area (Å²) in [5, 5.41) is 2.21. The molecule has 4 heterocycles. The molecule has 9 nitrogen and oxygen atoms in total. The fourth-order valence-electron chi connectivity index (χ4n) is 6.64. The Morgan fingerprint density at radius 1 is 1.00 bits per heavy atom. The van der Waals surface area contributed by atoms with Gasteiger partial charge in [-0.1, -0.05) is 42.5 Å². The molecule has 9 heteroatoms. The van der Waals surface area contributed by atoms with E-state index in [1.807, 2.05) is 29.3 Å². The number of benzene rings is 2. The van der Waals surface area contributed by atoms with Crippen molar-refractivity contribution < 1.29 is 9.59 Å². The molecule has 1 atom stereocenters. The number of fused-ring (bicyclic) bond motifs is 1. The molecule has 3 N–H and O–H groups in total. The molecule has 2 aromatic heterocycles. The third-order valence-electron chi connectivity index (χ3n) is 8.97. The van der Waals surface area contributed by atoms with Crippen molar-refractivity contribution in [3.05, 3.63) is 72.4 Å². The lowest BCUT2D eigenvalue weighted by atomic mass is 9.89. The number of hydrogen-bond acceptors (Lipinski definition) is 5. The lowest BCUT2D eigenvalue weighted by molar-refractivity contribution is -0.130. The van der Waals surface area contributed by atoms with Crippen LogP contribution in [0, 0.1) is 5.92 Å². The van der Waals surface area contributed by atoms with Gasteiger partial charge in [0.25, 0.3) is 5.91 Å². The Balaban J connectivity index is 1.50. The van der Waals surface area contributed by atoms with Crippen LogP contribution >= 0.6 is 0 Å². The van der Waals surface area contributed by atoms with Crippen LogP contribution in [-0.4, -0.2) is 82.5 Å². The lowest BCUT2D eigenvalue weighted by Gasteiger charge is -2.37. The lowest BCUT2D eigenvalue weighted by Crippen LogP contribution is -2.46. The number of piperazine rings is 1. The van der Waals surface area contributed by atoms with Crippen LogP contribution in [0.1, 0.15) is 48.3 Å². The van der Waals surface area contributed by atoms with Gasteiger partial charge in [0.2, 0.25) is 5.91 Å². The average Bonchev–Trinajstić information content (AvgIpc) is 3.65. The second-order valence-electron chi connectivity index (χ2n) is 11.5. The number of piperidine rings is 1. The Labute approximate surface area is 240 Å². The molecule has 2 aliphatic rings. The van der Waals surface area contributed by atoms with Crippen LogP contribution in [0.5, 0.6) is 0 Å². The highest BCUT2D eigenvalue weighted by molar-refractivity contribution is 6.09. The summed E-state index contributed by atoms with van der Waals surface area (Å²) in [4.78, 5) is 39.7. The van der Waals surface area contributed by atoms with Gasteiger partial charge in [0.15, 0.2) is 0 Å². The Hall–Kier alpha value is -4.11. The highest BCUT2D eigenvalue weighted by Gasteiger charge is 2.33. The van der Waals surface area contributed by atoms with E-state index < -0.39 is 5.91 Å². The van der Waals surface area contributed by atoms with Crippen molar-refractivity contribution >= 4 is 28.4 Å². The molecule has 0 radical (unpaired) electrons. The van der Waals surface area contributed by atoms with Gasteiger partial charge in [-0.3, -0.25) is 9.59 Å². The molecule has 2 amide bonds. The third-order valence-corrected chi connectivity index (χ3v) is 8.97. The second kappa shape index (κ2) is 11.4. The predicted octanol–water partition coefficient (Wildman–Crippen LogP) is 4.12. The molecule has 0 saturated carbocycles. The average molecular weight is 554 g/mol. The molecule has 0 bridgehead atoms. The summed E-state index contributed by atoms with van der Waals surface area (Å²) in [5.41, 5.74) is 9.68. The predicted molar refractivity (Wildman–Crippen MR) is 162 cm³/mol. The minimum atomic E-state index is -0.418. The maximum atomic E-state index is 13.4. The smallest absolute Gasteiger partial charge is 0.253 e. The molecule has 2 saturated heterocycles. The van der Waals surface area contributed by atoms with Gasteiger partial charge in [-0.05, 0) is 48.6 Å².